The van der Waals surface area contributed by atoms with Crippen LogP contribution in [-0.4, -0.2) is 4.57 Å². The van der Waals surface area contributed by atoms with Crippen molar-refractivity contribution in [1.82, 2.24) is 4.57 Å². The summed E-state index contributed by atoms with van der Waals surface area (Å²) in [6, 6.07) is 43.8. The molecule has 0 atom stereocenters. The first kappa shape index (κ1) is 22.1. The summed E-state index contributed by atoms with van der Waals surface area (Å²) in [5.74, 6) is 0. The molecule has 0 radical (unpaired) electrons. The molecule has 0 aliphatic rings. The normalized spacial score (nSPS) is 11.9. The molecule has 0 bridgehead atoms. The first-order valence-corrected chi connectivity index (χ1v) is 13.6. The maximum Gasteiger partial charge on any atom is 0.159 e. The van der Waals surface area contributed by atoms with Gasteiger partial charge in [0.1, 0.15) is 17.2 Å². The van der Waals surface area contributed by atoms with Crippen LogP contribution in [0, 0.1) is 11.3 Å². The fourth-order valence-corrected chi connectivity index (χ4v) is 6.46. The molecule has 0 N–H and O–H groups in total. The molecule has 9 rings (SSSR count). The van der Waals surface area contributed by atoms with E-state index in [9.17, 15) is 5.26 Å². The van der Waals surface area contributed by atoms with Crippen molar-refractivity contribution in [3.05, 3.63) is 127 Å². The Morgan fingerprint density at radius 2 is 1.15 bits per heavy atom. The van der Waals surface area contributed by atoms with Crippen molar-refractivity contribution >= 4 is 65.7 Å². The molecule has 0 saturated heterocycles. The van der Waals surface area contributed by atoms with Crippen LogP contribution >= 0.6 is 0 Å². The van der Waals surface area contributed by atoms with E-state index in [4.69, 9.17) is 8.83 Å². The van der Waals surface area contributed by atoms with Crippen molar-refractivity contribution in [2.75, 3.05) is 0 Å². The third-order valence-corrected chi connectivity index (χ3v) is 8.23. The lowest BCUT2D eigenvalue weighted by Crippen LogP contribution is -1.93. The molecule has 4 heteroatoms. The maximum atomic E-state index is 10.3. The van der Waals surface area contributed by atoms with Crippen LogP contribution in [0.1, 0.15) is 5.56 Å². The predicted octanol–water partition coefficient (Wildman–Crippen LogP) is 10.1. The highest BCUT2D eigenvalue weighted by molar-refractivity contribution is 6.15. The molecule has 0 amide bonds. The topological polar surface area (TPSA) is 55.0 Å². The van der Waals surface area contributed by atoms with Gasteiger partial charge < -0.3 is 13.4 Å². The summed E-state index contributed by atoms with van der Waals surface area (Å²) in [6.07, 6.45) is 0. The van der Waals surface area contributed by atoms with E-state index in [1.165, 1.54) is 10.8 Å². The number of para-hydroxylation sites is 5. The molecule has 0 aliphatic carbocycles. The van der Waals surface area contributed by atoms with Gasteiger partial charge in [0, 0.05) is 37.9 Å². The average molecular weight is 525 g/mol. The van der Waals surface area contributed by atoms with Gasteiger partial charge in [0.15, 0.2) is 11.2 Å². The Balaban J connectivity index is 1.35. The minimum atomic E-state index is 0.495. The van der Waals surface area contributed by atoms with E-state index in [0.717, 1.165) is 66.1 Å². The molecule has 3 aromatic heterocycles. The fraction of sp³-hybridized carbons (Fsp3) is 0. The van der Waals surface area contributed by atoms with E-state index in [1.807, 2.05) is 30.3 Å². The van der Waals surface area contributed by atoms with Crippen LogP contribution in [0.2, 0.25) is 0 Å². The molecule has 4 nitrogen and oxygen atoms in total. The van der Waals surface area contributed by atoms with Gasteiger partial charge in [-0.2, -0.15) is 5.26 Å². The standard InChI is InChI=1S/C37H20N2O2/c38-21-23-19-22(24-12-7-13-28-27-11-3-6-18-34(27)40-36(24)28)20-30-29-14-8-17-33(37(29)41-35(23)30)39-31-15-4-1-9-25(31)26-10-2-5-16-32(26)39/h1-20H. The second-order valence-electron chi connectivity index (χ2n) is 10.4. The third kappa shape index (κ3) is 2.98. The molecular formula is C37H20N2O2. The average Bonchev–Trinajstić information content (AvgIpc) is 3.70. The molecule has 9 aromatic rings. The molecular weight excluding hydrogens is 504 g/mol. The highest BCUT2D eigenvalue weighted by Gasteiger charge is 2.20. The lowest BCUT2D eigenvalue weighted by molar-refractivity contribution is 0.665. The number of hydrogen-bond donors (Lipinski definition) is 0. The van der Waals surface area contributed by atoms with Crippen molar-refractivity contribution in [2.24, 2.45) is 0 Å². The van der Waals surface area contributed by atoms with Crippen molar-refractivity contribution in [3.8, 4) is 22.9 Å². The minimum absolute atomic E-state index is 0.495. The molecule has 3 heterocycles. The number of hydrogen-bond acceptors (Lipinski definition) is 3. The van der Waals surface area contributed by atoms with Gasteiger partial charge in [-0.3, -0.25) is 0 Å². The Labute approximate surface area is 233 Å². The van der Waals surface area contributed by atoms with Gasteiger partial charge in [-0.1, -0.05) is 84.9 Å². The van der Waals surface area contributed by atoms with E-state index >= 15 is 0 Å². The Morgan fingerprint density at radius 3 is 1.90 bits per heavy atom. The molecule has 0 unspecified atom stereocenters. The van der Waals surface area contributed by atoms with Crippen LogP contribution in [0.25, 0.3) is 82.5 Å². The third-order valence-electron chi connectivity index (χ3n) is 8.23. The van der Waals surface area contributed by atoms with Crippen LogP contribution in [-0.2, 0) is 0 Å². The van der Waals surface area contributed by atoms with Gasteiger partial charge >= 0.3 is 0 Å². The van der Waals surface area contributed by atoms with Crippen LogP contribution in [0.3, 0.4) is 0 Å². The largest absolute Gasteiger partial charge is 0.455 e. The second kappa shape index (κ2) is 8.11. The first-order valence-electron chi connectivity index (χ1n) is 13.6. The number of aromatic nitrogens is 1. The molecule has 6 aromatic carbocycles. The fourth-order valence-electron chi connectivity index (χ4n) is 6.46. The summed E-state index contributed by atoms with van der Waals surface area (Å²) in [5, 5.41) is 16.6. The van der Waals surface area contributed by atoms with Gasteiger partial charge in [-0.25, -0.2) is 0 Å². The maximum absolute atomic E-state index is 10.3. The van der Waals surface area contributed by atoms with Crippen LogP contribution < -0.4 is 0 Å². The number of rotatable bonds is 2. The minimum Gasteiger partial charge on any atom is -0.455 e. The number of nitrogens with zero attached hydrogens (tertiary/aromatic N) is 2. The van der Waals surface area contributed by atoms with Crippen molar-refractivity contribution in [2.45, 2.75) is 0 Å². The quantitative estimate of drug-likeness (QED) is 0.226. The number of nitriles is 1. The molecule has 0 fully saturated rings. The molecule has 0 aliphatic heterocycles. The van der Waals surface area contributed by atoms with Crippen molar-refractivity contribution < 1.29 is 8.83 Å². The Bertz CT molecular complexity index is 2500. The van der Waals surface area contributed by atoms with Gasteiger partial charge in [-0.15, -0.1) is 0 Å². The Kier molecular flexibility index (Phi) is 4.37. The van der Waals surface area contributed by atoms with Gasteiger partial charge in [0.25, 0.3) is 0 Å². The van der Waals surface area contributed by atoms with Crippen LogP contribution in [0.4, 0.5) is 0 Å². The lowest BCUT2D eigenvalue weighted by Gasteiger charge is -2.08. The van der Waals surface area contributed by atoms with E-state index in [0.29, 0.717) is 11.1 Å². The number of fused-ring (bicyclic) bond motifs is 9. The summed E-state index contributed by atoms with van der Waals surface area (Å²) in [4.78, 5) is 0. The van der Waals surface area contributed by atoms with Crippen LogP contribution in [0.15, 0.2) is 130 Å². The molecule has 190 valence electrons. The summed E-state index contributed by atoms with van der Waals surface area (Å²) in [6.45, 7) is 0. The van der Waals surface area contributed by atoms with E-state index in [-0.39, 0.29) is 0 Å². The summed E-state index contributed by atoms with van der Waals surface area (Å²) < 4.78 is 15.2. The smallest absolute Gasteiger partial charge is 0.159 e. The lowest BCUT2D eigenvalue weighted by atomic mass is 9.98. The summed E-state index contributed by atoms with van der Waals surface area (Å²) >= 11 is 0. The van der Waals surface area contributed by atoms with E-state index in [1.54, 1.807) is 0 Å². The van der Waals surface area contributed by atoms with Gasteiger partial charge in [0.2, 0.25) is 0 Å². The molecule has 41 heavy (non-hydrogen) atoms. The SMILES string of the molecule is N#Cc1cc(-c2cccc3c2oc2ccccc23)cc2c1oc1c(-n3c4ccccc4c4ccccc43)cccc12. The van der Waals surface area contributed by atoms with Crippen LogP contribution in [0.5, 0.6) is 0 Å². The highest BCUT2D eigenvalue weighted by Crippen LogP contribution is 2.42. The van der Waals surface area contributed by atoms with E-state index in [2.05, 4.69) is 102 Å². The van der Waals surface area contributed by atoms with Gasteiger partial charge in [0.05, 0.1) is 22.3 Å². The zero-order valence-corrected chi connectivity index (χ0v) is 21.8. The predicted molar refractivity (Wildman–Crippen MR) is 165 cm³/mol. The zero-order chi connectivity index (χ0) is 27.1. The highest BCUT2D eigenvalue weighted by atomic mass is 16.3. The van der Waals surface area contributed by atoms with Crippen molar-refractivity contribution in [1.29, 1.82) is 5.26 Å². The summed E-state index contributed by atoms with van der Waals surface area (Å²) in [5.41, 5.74) is 8.54. The van der Waals surface area contributed by atoms with Gasteiger partial charge in [-0.05, 0) is 42.0 Å². The van der Waals surface area contributed by atoms with Crippen molar-refractivity contribution in [3.63, 3.8) is 0 Å². The number of furan rings is 2. The zero-order valence-electron chi connectivity index (χ0n) is 21.8. The Morgan fingerprint density at radius 1 is 0.512 bits per heavy atom. The summed E-state index contributed by atoms with van der Waals surface area (Å²) in [7, 11) is 0. The molecule has 0 spiro atoms. The monoisotopic (exact) mass is 524 g/mol. The second-order valence-corrected chi connectivity index (χ2v) is 10.4. The number of benzene rings is 6. The first-order chi connectivity index (χ1) is 20.3. The molecule has 0 saturated carbocycles. The van der Waals surface area contributed by atoms with E-state index < -0.39 is 0 Å². The Hall–Kier alpha value is -5.79.